The predicted molar refractivity (Wildman–Crippen MR) is 135 cm³/mol. The quantitative estimate of drug-likeness (QED) is 0.400. The number of hydrogen-bond acceptors (Lipinski definition) is 5. The van der Waals surface area contributed by atoms with Crippen LogP contribution in [0, 0.1) is 0 Å². The topological polar surface area (TPSA) is 69.9 Å². The summed E-state index contributed by atoms with van der Waals surface area (Å²) < 4.78 is 24.8. The van der Waals surface area contributed by atoms with Gasteiger partial charge in [0.05, 0.1) is 37.3 Å². The smallest absolute Gasteiger partial charge is 0.251 e. The molecule has 36 heavy (non-hydrogen) atoms. The monoisotopic (exact) mass is 503 g/mol. The summed E-state index contributed by atoms with van der Waals surface area (Å²) in [6.45, 7) is 1.31. The number of carbonyl (C=O) groups excluding carboxylic acids is 1. The molecule has 2 aliphatic heterocycles. The van der Waals surface area contributed by atoms with Crippen LogP contribution in [-0.4, -0.2) is 26.9 Å². The van der Waals surface area contributed by atoms with Crippen molar-refractivity contribution < 1.29 is 28.3 Å². The van der Waals surface area contributed by atoms with Gasteiger partial charge >= 0.3 is 0 Å². The highest BCUT2D eigenvalue weighted by atomic mass is 35.5. The molecule has 1 aromatic heterocycles. The van der Waals surface area contributed by atoms with Crippen molar-refractivity contribution in [3.63, 3.8) is 0 Å². The van der Waals surface area contributed by atoms with E-state index >= 15 is 0 Å². The number of hydrogen-bond donors (Lipinski definition) is 1. The molecule has 8 heteroatoms. The number of ether oxygens (including phenoxy) is 4. The molecule has 2 aliphatic rings. The van der Waals surface area contributed by atoms with Gasteiger partial charge < -0.3 is 24.3 Å². The van der Waals surface area contributed by atoms with Crippen molar-refractivity contribution in [2.45, 2.75) is 19.5 Å². The maximum absolute atomic E-state index is 13.0. The van der Waals surface area contributed by atoms with Crippen LogP contribution < -0.4 is 28.8 Å². The Kier molecular flexibility index (Phi) is 5.57. The molecule has 0 spiro atoms. The van der Waals surface area contributed by atoms with E-state index in [9.17, 15) is 4.79 Å². The fourth-order valence-electron chi connectivity index (χ4n) is 5.06. The van der Waals surface area contributed by atoms with Crippen molar-refractivity contribution in [1.29, 1.82) is 0 Å². The highest BCUT2D eigenvalue weighted by Gasteiger charge is 2.32. The summed E-state index contributed by atoms with van der Waals surface area (Å²) in [7, 11) is 3.26. The number of carbonyl (C=O) groups is 1. The maximum atomic E-state index is 13.0. The van der Waals surface area contributed by atoms with Gasteiger partial charge in [-0.15, -0.1) is 0 Å². The van der Waals surface area contributed by atoms with Crippen LogP contribution >= 0.6 is 11.6 Å². The molecule has 0 unspecified atom stereocenters. The summed E-state index contributed by atoms with van der Waals surface area (Å²) in [5.41, 5.74) is 4.81. The average molecular weight is 504 g/mol. The lowest BCUT2D eigenvalue weighted by Gasteiger charge is -2.21. The van der Waals surface area contributed by atoms with Gasteiger partial charge in [-0.2, -0.15) is 4.57 Å². The third kappa shape index (κ3) is 3.67. The molecule has 182 valence electrons. The Morgan fingerprint density at radius 3 is 2.56 bits per heavy atom. The lowest BCUT2D eigenvalue weighted by molar-refractivity contribution is -0.686. The normalized spacial score (nSPS) is 13.2. The van der Waals surface area contributed by atoms with Crippen molar-refractivity contribution >= 4 is 28.3 Å². The van der Waals surface area contributed by atoms with Gasteiger partial charge in [-0.1, -0.05) is 11.6 Å². The molecular weight excluding hydrogens is 480 g/mol. The second-order valence-corrected chi connectivity index (χ2v) is 9.15. The number of nitrogens with one attached hydrogen (secondary N) is 1. The Hall–Kier alpha value is -3.97. The number of amides is 1. The lowest BCUT2D eigenvalue weighted by Crippen LogP contribution is -2.42. The van der Waals surface area contributed by atoms with E-state index < -0.39 is 0 Å². The summed E-state index contributed by atoms with van der Waals surface area (Å²) in [5.74, 6) is 2.63. The van der Waals surface area contributed by atoms with Crippen molar-refractivity contribution in [3.05, 3.63) is 76.4 Å². The first-order chi connectivity index (χ1) is 17.6. The van der Waals surface area contributed by atoms with Gasteiger partial charge in [-0.3, -0.25) is 4.79 Å². The summed E-state index contributed by atoms with van der Waals surface area (Å²) in [4.78, 5) is 13.0. The minimum atomic E-state index is -0.176. The number of rotatable bonds is 5. The number of aryl methyl sites for hydroxylation is 2. The van der Waals surface area contributed by atoms with Crippen LogP contribution in [-0.2, 0) is 19.5 Å². The first kappa shape index (κ1) is 22.5. The Morgan fingerprint density at radius 1 is 1.03 bits per heavy atom. The van der Waals surface area contributed by atoms with Gasteiger partial charge in [-0.25, -0.2) is 0 Å². The van der Waals surface area contributed by atoms with Gasteiger partial charge in [0.25, 0.3) is 5.91 Å². The highest BCUT2D eigenvalue weighted by Crippen LogP contribution is 2.43. The van der Waals surface area contributed by atoms with Crippen molar-refractivity contribution in [1.82, 2.24) is 5.32 Å². The molecule has 6 rings (SSSR count). The number of benzene rings is 3. The molecule has 0 atom stereocenters. The minimum Gasteiger partial charge on any atom is -0.493 e. The van der Waals surface area contributed by atoms with Gasteiger partial charge in [0.2, 0.25) is 12.5 Å². The second kappa shape index (κ2) is 8.91. The lowest BCUT2D eigenvalue weighted by atomic mass is 9.91. The van der Waals surface area contributed by atoms with Crippen molar-refractivity contribution in [2.24, 2.45) is 0 Å². The molecule has 1 N–H and O–H groups in total. The molecule has 3 aromatic carbocycles. The molecule has 3 heterocycles. The average Bonchev–Trinajstić information content (AvgIpc) is 3.36. The zero-order valence-corrected chi connectivity index (χ0v) is 20.6. The number of methoxy groups -OCH3 is 2. The molecule has 0 aliphatic carbocycles. The molecule has 0 radical (unpaired) electrons. The molecule has 7 nitrogen and oxygen atoms in total. The van der Waals surface area contributed by atoms with E-state index in [2.05, 4.69) is 22.1 Å². The molecule has 4 aromatic rings. The summed E-state index contributed by atoms with van der Waals surface area (Å²) in [5, 5.41) is 5.58. The minimum absolute atomic E-state index is 0.176. The Labute approximate surface area is 213 Å². The largest absolute Gasteiger partial charge is 0.493 e. The SMILES string of the molecule is COc1ccc2c(CNC(=O)c3ccc(Cl)cc3)c3[n+](cc2c1OC)CCc1cc2c(cc1-3)OCO2. The molecule has 1 amide bonds. The molecule has 0 saturated carbocycles. The number of fused-ring (bicyclic) bond motifs is 5. The van der Waals surface area contributed by atoms with Gasteiger partial charge in [0, 0.05) is 22.4 Å². The van der Waals surface area contributed by atoms with Crippen LogP contribution in [0.2, 0.25) is 5.02 Å². The number of nitrogens with zero attached hydrogens (tertiary/aromatic N) is 1. The molecule has 0 fully saturated rings. The van der Waals surface area contributed by atoms with Gasteiger partial charge in [-0.05, 0) is 54.1 Å². The van der Waals surface area contributed by atoms with Crippen molar-refractivity contribution in [2.75, 3.05) is 21.0 Å². The first-order valence-electron chi connectivity index (χ1n) is 11.6. The van der Waals surface area contributed by atoms with Gasteiger partial charge in [0.15, 0.2) is 35.7 Å². The third-order valence-electron chi connectivity index (χ3n) is 6.77. The fraction of sp³-hybridized carbons (Fsp3) is 0.214. The summed E-state index contributed by atoms with van der Waals surface area (Å²) >= 11 is 6.00. The Balaban J connectivity index is 1.52. The van der Waals surface area contributed by atoms with Crippen LogP contribution in [0.4, 0.5) is 0 Å². The van der Waals surface area contributed by atoms with E-state index in [1.165, 1.54) is 5.56 Å². The number of aromatic nitrogens is 1. The van der Waals surface area contributed by atoms with Gasteiger partial charge in [0.1, 0.15) is 0 Å². The summed E-state index contributed by atoms with van der Waals surface area (Å²) in [6.07, 6.45) is 2.95. The van der Waals surface area contributed by atoms with Crippen LogP contribution in [0.25, 0.3) is 22.0 Å². The molecule has 0 bridgehead atoms. The Morgan fingerprint density at radius 2 is 1.81 bits per heavy atom. The van der Waals surface area contributed by atoms with E-state index in [1.807, 2.05) is 18.2 Å². The predicted octanol–water partition coefficient (Wildman–Crippen LogP) is 4.68. The van der Waals surface area contributed by atoms with Crippen molar-refractivity contribution in [3.8, 4) is 34.3 Å². The molecule has 0 saturated heterocycles. The Bertz CT molecular complexity index is 1520. The zero-order chi connectivity index (χ0) is 24.8. The second-order valence-electron chi connectivity index (χ2n) is 8.71. The van der Waals surface area contributed by atoms with Crippen LogP contribution in [0.3, 0.4) is 0 Å². The standard InChI is InChI=1S/C28H23ClN2O5/c1-33-23-8-7-19-21(13-30-28(32)16-3-5-18(29)6-4-16)26-20-12-25-24(35-15-36-25)11-17(20)9-10-31(26)14-22(19)27(23)34-2/h3-8,11-12,14H,9-10,13,15H2,1-2H3/p+1. The van der Waals surface area contributed by atoms with E-state index in [-0.39, 0.29) is 12.7 Å². The maximum Gasteiger partial charge on any atom is 0.251 e. The fourth-order valence-corrected chi connectivity index (χ4v) is 5.19. The van der Waals surface area contributed by atoms with E-state index in [1.54, 1.807) is 38.5 Å². The van der Waals surface area contributed by atoms with Crippen LogP contribution in [0.1, 0.15) is 21.5 Å². The first-order valence-corrected chi connectivity index (χ1v) is 12.0. The van der Waals surface area contributed by atoms with E-state index in [4.69, 9.17) is 30.5 Å². The van der Waals surface area contributed by atoms with E-state index in [0.717, 1.165) is 52.1 Å². The summed E-state index contributed by atoms with van der Waals surface area (Å²) in [6, 6.07) is 14.9. The third-order valence-corrected chi connectivity index (χ3v) is 7.03. The molecular formula is C28H24ClN2O5+. The van der Waals surface area contributed by atoms with Crippen LogP contribution in [0.5, 0.6) is 23.0 Å². The number of halogens is 1. The zero-order valence-electron chi connectivity index (χ0n) is 19.9. The number of pyridine rings is 1. The highest BCUT2D eigenvalue weighted by molar-refractivity contribution is 6.30. The van der Waals surface area contributed by atoms with Crippen LogP contribution in [0.15, 0.2) is 54.7 Å². The van der Waals surface area contributed by atoms with E-state index in [0.29, 0.717) is 28.6 Å².